The van der Waals surface area contributed by atoms with Gasteiger partial charge in [0, 0.05) is 19.8 Å². The Kier molecular flexibility index (Phi) is 1.90. The van der Waals surface area contributed by atoms with Gasteiger partial charge in [0.25, 0.3) is 0 Å². The minimum Gasteiger partial charge on any atom is -0.303 e. The van der Waals surface area contributed by atoms with Crippen molar-refractivity contribution in [1.82, 2.24) is 10.2 Å². The number of terminal acetylenes is 1. The third-order valence-electron chi connectivity index (χ3n) is 1.26. The summed E-state index contributed by atoms with van der Waals surface area (Å²) in [5.41, 5.74) is 0. The molecule has 2 heteroatoms. The maximum atomic E-state index is 5.09. The summed E-state index contributed by atoms with van der Waals surface area (Å²) in [7, 11) is 0. The molecule has 2 nitrogen and oxygen atoms in total. The second-order valence-electron chi connectivity index (χ2n) is 1.91. The Morgan fingerprint density at radius 1 is 1.75 bits per heavy atom. The Balaban J connectivity index is 2.17. The molecule has 0 saturated carbocycles. The molecular weight excluding hydrogens is 100 g/mol. The van der Waals surface area contributed by atoms with E-state index < -0.39 is 0 Å². The molecule has 0 aromatic carbocycles. The van der Waals surface area contributed by atoms with Crippen molar-refractivity contribution in [2.75, 3.05) is 26.3 Å². The molecule has 0 atom stereocenters. The van der Waals surface area contributed by atoms with Crippen LogP contribution >= 0.6 is 0 Å². The molecule has 0 aromatic rings. The van der Waals surface area contributed by atoms with Gasteiger partial charge in [0.1, 0.15) is 0 Å². The fourth-order valence-corrected chi connectivity index (χ4v) is 0.817. The van der Waals surface area contributed by atoms with Crippen molar-refractivity contribution in [1.29, 1.82) is 0 Å². The number of nitrogens with zero attached hydrogens (tertiary/aromatic N) is 1. The molecule has 0 spiro atoms. The van der Waals surface area contributed by atoms with Crippen LogP contribution in [0.25, 0.3) is 0 Å². The van der Waals surface area contributed by atoms with Gasteiger partial charge in [-0.25, -0.2) is 0 Å². The van der Waals surface area contributed by atoms with Gasteiger partial charge >= 0.3 is 0 Å². The molecule has 44 valence electrons. The maximum absolute atomic E-state index is 5.09. The number of rotatable bonds is 1. The predicted molar refractivity (Wildman–Crippen MR) is 33.3 cm³/mol. The third kappa shape index (κ3) is 1.22. The first-order valence-corrected chi connectivity index (χ1v) is 2.80. The van der Waals surface area contributed by atoms with Crippen LogP contribution in [0.4, 0.5) is 0 Å². The van der Waals surface area contributed by atoms with Crippen LogP contribution in [0, 0.1) is 12.3 Å². The van der Waals surface area contributed by atoms with Crippen molar-refractivity contribution in [3.8, 4) is 12.3 Å². The van der Waals surface area contributed by atoms with Gasteiger partial charge < -0.3 is 5.32 Å². The summed E-state index contributed by atoms with van der Waals surface area (Å²) < 4.78 is 0. The predicted octanol–water partition coefficient (Wildman–Crippen LogP) is -0.518. The lowest BCUT2D eigenvalue weighted by molar-refractivity contribution is 0.378. The Hall–Kier alpha value is -0.520. The highest BCUT2D eigenvalue weighted by Gasteiger charge is 2.06. The van der Waals surface area contributed by atoms with Gasteiger partial charge in [-0.1, -0.05) is 5.92 Å². The molecule has 1 N–H and O–H groups in total. The maximum Gasteiger partial charge on any atom is 0.0610 e. The van der Waals surface area contributed by atoms with Crippen LogP contribution in [0.2, 0.25) is 0 Å². The van der Waals surface area contributed by atoms with Gasteiger partial charge in [0.2, 0.25) is 0 Å². The van der Waals surface area contributed by atoms with E-state index in [0.29, 0.717) is 0 Å². The van der Waals surface area contributed by atoms with Crippen molar-refractivity contribution in [2.24, 2.45) is 0 Å². The van der Waals surface area contributed by atoms with Gasteiger partial charge in [-0.15, -0.1) is 6.42 Å². The zero-order chi connectivity index (χ0) is 5.82. The minimum atomic E-state index is 0.785. The average Bonchev–Trinajstić information content (AvgIpc) is 2.19. The summed E-state index contributed by atoms with van der Waals surface area (Å²) in [6.07, 6.45) is 5.09. The van der Waals surface area contributed by atoms with Crippen LogP contribution in [0.5, 0.6) is 0 Å². The Morgan fingerprint density at radius 3 is 3.12 bits per heavy atom. The molecule has 0 aromatic heterocycles. The molecule has 8 heavy (non-hydrogen) atoms. The van der Waals surface area contributed by atoms with Crippen molar-refractivity contribution < 1.29 is 0 Å². The van der Waals surface area contributed by atoms with Crippen molar-refractivity contribution in [3.05, 3.63) is 0 Å². The standard InChI is InChI=1S/C6H10N2/c1-2-4-8-5-3-7-6-8/h1,7H,3-6H2. The van der Waals surface area contributed by atoms with E-state index in [4.69, 9.17) is 6.42 Å². The van der Waals surface area contributed by atoms with Crippen LogP contribution in [-0.4, -0.2) is 31.2 Å². The van der Waals surface area contributed by atoms with Crippen LogP contribution in [0.15, 0.2) is 0 Å². The summed E-state index contributed by atoms with van der Waals surface area (Å²) >= 11 is 0. The highest BCUT2D eigenvalue weighted by molar-refractivity contribution is 4.89. The van der Waals surface area contributed by atoms with E-state index in [2.05, 4.69) is 16.1 Å². The summed E-state index contributed by atoms with van der Waals surface area (Å²) in [5, 5.41) is 3.19. The van der Waals surface area contributed by atoms with Gasteiger partial charge in [-0.3, -0.25) is 4.90 Å². The lowest BCUT2D eigenvalue weighted by Gasteiger charge is -2.06. The van der Waals surface area contributed by atoms with Gasteiger partial charge in [0.05, 0.1) is 6.54 Å². The topological polar surface area (TPSA) is 15.3 Å². The van der Waals surface area contributed by atoms with Crippen LogP contribution in [0.3, 0.4) is 0 Å². The fourth-order valence-electron chi connectivity index (χ4n) is 0.817. The molecule has 0 unspecified atom stereocenters. The summed E-state index contributed by atoms with van der Waals surface area (Å²) in [6.45, 7) is 3.93. The van der Waals surface area contributed by atoms with Gasteiger partial charge in [0.15, 0.2) is 0 Å². The molecule has 0 amide bonds. The SMILES string of the molecule is C#CCN1CCNC1. The monoisotopic (exact) mass is 110 g/mol. The van der Waals surface area contributed by atoms with Crippen molar-refractivity contribution >= 4 is 0 Å². The van der Waals surface area contributed by atoms with E-state index in [0.717, 1.165) is 26.3 Å². The second kappa shape index (κ2) is 2.71. The number of nitrogens with one attached hydrogen (secondary N) is 1. The normalized spacial score (nSPS) is 20.9. The Morgan fingerprint density at radius 2 is 2.62 bits per heavy atom. The summed E-state index contributed by atoms with van der Waals surface area (Å²) in [6, 6.07) is 0. The molecule has 1 rings (SSSR count). The second-order valence-corrected chi connectivity index (χ2v) is 1.91. The van der Waals surface area contributed by atoms with Crippen LogP contribution < -0.4 is 5.32 Å². The van der Waals surface area contributed by atoms with Crippen molar-refractivity contribution in [2.45, 2.75) is 0 Å². The molecule has 0 radical (unpaired) electrons. The largest absolute Gasteiger partial charge is 0.303 e. The van der Waals surface area contributed by atoms with E-state index in [-0.39, 0.29) is 0 Å². The molecule has 1 aliphatic heterocycles. The summed E-state index contributed by atoms with van der Waals surface area (Å²) in [4.78, 5) is 2.19. The lowest BCUT2D eigenvalue weighted by atomic mass is 10.5. The zero-order valence-corrected chi connectivity index (χ0v) is 4.85. The van der Waals surface area contributed by atoms with Gasteiger partial charge in [-0.05, 0) is 0 Å². The first kappa shape index (κ1) is 5.61. The van der Waals surface area contributed by atoms with Gasteiger partial charge in [-0.2, -0.15) is 0 Å². The molecule has 0 aliphatic carbocycles. The van der Waals surface area contributed by atoms with Crippen molar-refractivity contribution in [3.63, 3.8) is 0 Å². The smallest absolute Gasteiger partial charge is 0.0610 e. The molecule has 1 aliphatic rings. The molecule has 1 heterocycles. The van der Waals surface area contributed by atoms with E-state index in [1.807, 2.05) is 0 Å². The zero-order valence-electron chi connectivity index (χ0n) is 4.85. The Labute approximate surface area is 49.9 Å². The first-order chi connectivity index (χ1) is 3.93. The number of hydrogen-bond donors (Lipinski definition) is 1. The molecule has 1 saturated heterocycles. The lowest BCUT2D eigenvalue weighted by Crippen LogP contribution is -2.21. The quantitative estimate of drug-likeness (QED) is 0.457. The fraction of sp³-hybridized carbons (Fsp3) is 0.667. The average molecular weight is 110 g/mol. The van der Waals surface area contributed by atoms with Crippen LogP contribution in [0.1, 0.15) is 0 Å². The molecular formula is C6H10N2. The third-order valence-corrected chi connectivity index (χ3v) is 1.26. The van der Waals surface area contributed by atoms with E-state index >= 15 is 0 Å². The molecule has 1 fully saturated rings. The first-order valence-electron chi connectivity index (χ1n) is 2.80. The summed E-state index contributed by atoms with van der Waals surface area (Å²) in [5.74, 6) is 2.60. The molecule has 0 bridgehead atoms. The Bertz CT molecular complexity index is 97.6. The van der Waals surface area contributed by atoms with E-state index in [9.17, 15) is 0 Å². The highest BCUT2D eigenvalue weighted by atomic mass is 15.3. The number of hydrogen-bond acceptors (Lipinski definition) is 2. The minimum absolute atomic E-state index is 0.785. The van der Waals surface area contributed by atoms with Crippen LogP contribution in [-0.2, 0) is 0 Å². The highest BCUT2D eigenvalue weighted by Crippen LogP contribution is 1.88. The van der Waals surface area contributed by atoms with E-state index in [1.165, 1.54) is 0 Å². The van der Waals surface area contributed by atoms with E-state index in [1.54, 1.807) is 0 Å².